The summed E-state index contributed by atoms with van der Waals surface area (Å²) in [7, 11) is 0. The smallest absolute Gasteiger partial charge is 0.328 e. The zero-order valence-electron chi connectivity index (χ0n) is 11.3. The Bertz CT molecular complexity index is 600. The van der Waals surface area contributed by atoms with Gasteiger partial charge in [-0.25, -0.2) is 4.98 Å². The van der Waals surface area contributed by atoms with E-state index in [-0.39, 0.29) is 18.0 Å². The largest absolute Gasteiger partial charge is 0.416 e. The van der Waals surface area contributed by atoms with Gasteiger partial charge in [0.25, 0.3) is 0 Å². The number of hydrogen-bond acceptors (Lipinski definition) is 2. The predicted molar refractivity (Wildman–Crippen MR) is 70.7 cm³/mol. The van der Waals surface area contributed by atoms with Gasteiger partial charge in [0, 0.05) is 24.1 Å². The normalized spacial score (nSPS) is 13.5. The zero-order valence-corrected chi connectivity index (χ0v) is 11.3. The molecule has 0 aliphatic carbocycles. The molecule has 0 aliphatic heterocycles. The number of alkyl halides is 3. The number of aromatic nitrogens is 2. The van der Waals surface area contributed by atoms with Crippen LogP contribution < -0.4 is 5.73 Å². The van der Waals surface area contributed by atoms with Crippen molar-refractivity contribution in [3.05, 3.63) is 47.5 Å². The summed E-state index contributed by atoms with van der Waals surface area (Å²) in [6.45, 7) is 3.43. The van der Waals surface area contributed by atoms with Gasteiger partial charge in [0.1, 0.15) is 5.82 Å². The van der Waals surface area contributed by atoms with Crippen LogP contribution in [-0.4, -0.2) is 15.6 Å². The van der Waals surface area contributed by atoms with Crippen molar-refractivity contribution in [2.24, 2.45) is 5.73 Å². The lowest BCUT2D eigenvalue weighted by molar-refractivity contribution is -0.138. The fraction of sp³-hybridized carbons (Fsp3) is 0.357. The molecule has 1 atom stereocenters. The minimum absolute atomic E-state index is 0.192. The van der Waals surface area contributed by atoms with Crippen LogP contribution >= 0.6 is 0 Å². The average Bonchev–Trinajstić information content (AvgIpc) is 2.74. The molecule has 1 unspecified atom stereocenters. The number of rotatable bonds is 3. The Morgan fingerprint density at radius 2 is 2.05 bits per heavy atom. The van der Waals surface area contributed by atoms with Crippen LogP contribution in [0.2, 0.25) is 0 Å². The summed E-state index contributed by atoms with van der Waals surface area (Å²) in [5, 5.41) is 0. The average molecular weight is 283 g/mol. The van der Waals surface area contributed by atoms with E-state index in [2.05, 4.69) is 4.98 Å². The lowest BCUT2D eigenvalue weighted by Crippen LogP contribution is -2.21. The van der Waals surface area contributed by atoms with Crippen LogP contribution in [0.4, 0.5) is 13.2 Å². The van der Waals surface area contributed by atoms with Crippen LogP contribution in [0.5, 0.6) is 0 Å². The molecule has 0 fully saturated rings. The Kier molecular flexibility index (Phi) is 3.85. The van der Waals surface area contributed by atoms with E-state index in [1.807, 2.05) is 0 Å². The third-order valence-corrected chi connectivity index (χ3v) is 3.04. The molecule has 0 saturated heterocycles. The van der Waals surface area contributed by atoms with Gasteiger partial charge in [-0.15, -0.1) is 0 Å². The molecule has 3 nitrogen and oxygen atoms in total. The highest BCUT2D eigenvalue weighted by Gasteiger charge is 2.33. The van der Waals surface area contributed by atoms with Crippen LogP contribution in [0.1, 0.15) is 23.9 Å². The standard InChI is InChI=1S/C14H16F3N3/c1-9(18)7-11-3-4-12(8-13(11)14(15,16)17)20-6-5-19-10(20)2/h3-6,8-9H,7,18H2,1-2H3. The van der Waals surface area contributed by atoms with Crippen molar-refractivity contribution >= 4 is 0 Å². The van der Waals surface area contributed by atoms with Gasteiger partial charge in [-0.2, -0.15) is 13.2 Å². The molecule has 2 rings (SSSR count). The second-order valence-electron chi connectivity index (χ2n) is 4.87. The predicted octanol–water partition coefficient (Wildman–Crippen LogP) is 3.09. The van der Waals surface area contributed by atoms with Crippen LogP contribution in [0, 0.1) is 6.92 Å². The summed E-state index contributed by atoms with van der Waals surface area (Å²) in [6.07, 6.45) is -1.01. The van der Waals surface area contributed by atoms with Crippen molar-refractivity contribution < 1.29 is 13.2 Å². The van der Waals surface area contributed by atoms with Gasteiger partial charge in [-0.1, -0.05) is 6.07 Å². The molecule has 6 heteroatoms. The SMILES string of the molecule is Cc1nccn1-c1ccc(CC(C)N)c(C(F)(F)F)c1. The maximum Gasteiger partial charge on any atom is 0.416 e. The zero-order chi connectivity index (χ0) is 14.9. The number of halogens is 3. The Labute approximate surface area is 115 Å². The first-order valence-electron chi connectivity index (χ1n) is 6.25. The van der Waals surface area contributed by atoms with Crippen molar-refractivity contribution in [3.63, 3.8) is 0 Å². The molecule has 0 aliphatic rings. The number of hydrogen-bond donors (Lipinski definition) is 1. The topological polar surface area (TPSA) is 43.8 Å². The summed E-state index contributed by atoms with van der Waals surface area (Å²) >= 11 is 0. The molecule has 2 aromatic rings. The molecule has 20 heavy (non-hydrogen) atoms. The first kappa shape index (κ1) is 14.6. The highest BCUT2D eigenvalue weighted by molar-refractivity contribution is 5.43. The molecule has 0 amide bonds. The third-order valence-electron chi connectivity index (χ3n) is 3.04. The summed E-state index contributed by atoms with van der Waals surface area (Å²) in [5.41, 5.74) is 5.63. The monoisotopic (exact) mass is 283 g/mol. The summed E-state index contributed by atoms with van der Waals surface area (Å²) in [6, 6.07) is 3.96. The molecule has 0 bridgehead atoms. The second kappa shape index (κ2) is 5.28. The van der Waals surface area contributed by atoms with Crippen molar-refractivity contribution in [2.75, 3.05) is 0 Å². The summed E-state index contributed by atoms with van der Waals surface area (Å²) in [5.74, 6) is 0.637. The van der Waals surface area contributed by atoms with E-state index in [1.165, 1.54) is 6.07 Å². The molecule has 0 spiro atoms. The quantitative estimate of drug-likeness (QED) is 0.940. The van der Waals surface area contributed by atoms with Crippen molar-refractivity contribution in [2.45, 2.75) is 32.5 Å². The van der Waals surface area contributed by atoms with Crippen LogP contribution in [0.15, 0.2) is 30.6 Å². The van der Waals surface area contributed by atoms with E-state index >= 15 is 0 Å². The summed E-state index contributed by atoms with van der Waals surface area (Å²) < 4.78 is 41.1. The lowest BCUT2D eigenvalue weighted by Gasteiger charge is -2.16. The Morgan fingerprint density at radius 3 is 2.55 bits per heavy atom. The molecule has 1 aromatic heterocycles. The van der Waals surface area contributed by atoms with E-state index in [0.717, 1.165) is 6.07 Å². The fourth-order valence-corrected chi connectivity index (χ4v) is 2.15. The second-order valence-corrected chi connectivity index (χ2v) is 4.87. The fourth-order valence-electron chi connectivity index (χ4n) is 2.15. The van der Waals surface area contributed by atoms with Crippen molar-refractivity contribution in [3.8, 4) is 5.69 Å². The van der Waals surface area contributed by atoms with Crippen LogP contribution in [0.3, 0.4) is 0 Å². The van der Waals surface area contributed by atoms with Crippen LogP contribution in [-0.2, 0) is 12.6 Å². The molecule has 0 saturated carbocycles. The van der Waals surface area contributed by atoms with Gasteiger partial charge in [-0.3, -0.25) is 0 Å². The molecular weight excluding hydrogens is 267 g/mol. The highest BCUT2D eigenvalue weighted by atomic mass is 19.4. The number of benzene rings is 1. The van der Waals surface area contributed by atoms with Gasteiger partial charge in [-0.05, 0) is 38.0 Å². The number of nitrogens with two attached hydrogens (primary N) is 1. The van der Waals surface area contributed by atoms with Gasteiger partial charge < -0.3 is 10.3 Å². The van der Waals surface area contributed by atoms with E-state index in [9.17, 15) is 13.2 Å². The summed E-state index contributed by atoms with van der Waals surface area (Å²) in [4.78, 5) is 4.02. The Balaban J connectivity index is 2.52. The van der Waals surface area contributed by atoms with Gasteiger partial charge in [0.15, 0.2) is 0 Å². The molecule has 2 N–H and O–H groups in total. The van der Waals surface area contributed by atoms with Gasteiger partial charge >= 0.3 is 6.18 Å². The van der Waals surface area contributed by atoms with E-state index in [4.69, 9.17) is 5.73 Å². The maximum absolute atomic E-state index is 13.2. The van der Waals surface area contributed by atoms with E-state index in [1.54, 1.807) is 36.9 Å². The third kappa shape index (κ3) is 3.01. The number of imidazole rings is 1. The number of aryl methyl sites for hydroxylation is 1. The Morgan fingerprint density at radius 1 is 1.35 bits per heavy atom. The lowest BCUT2D eigenvalue weighted by atomic mass is 10.00. The molecule has 1 aromatic carbocycles. The van der Waals surface area contributed by atoms with Gasteiger partial charge in [0.2, 0.25) is 0 Å². The highest BCUT2D eigenvalue weighted by Crippen LogP contribution is 2.34. The number of nitrogens with zero attached hydrogens (tertiary/aromatic N) is 2. The van der Waals surface area contributed by atoms with Crippen molar-refractivity contribution in [1.29, 1.82) is 0 Å². The first-order chi connectivity index (χ1) is 9.29. The van der Waals surface area contributed by atoms with E-state index < -0.39 is 11.7 Å². The van der Waals surface area contributed by atoms with Crippen molar-refractivity contribution in [1.82, 2.24) is 9.55 Å². The molecule has 1 heterocycles. The molecular formula is C14H16F3N3. The minimum atomic E-state index is -4.39. The maximum atomic E-state index is 13.2. The molecule has 108 valence electrons. The van der Waals surface area contributed by atoms with Crippen LogP contribution in [0.25, 0.3) is 5.69 Å². The first-order valence-corrected chi connectivity index (χ1v) is 6.25. The molecule has 0 radical (unpaired) electrons. The Hall–Kier alpha value is -1.82. The minimum Gasteiger partial charge on any atom is -0.328 e. The van der Waals surface area contributed by atoms with Gasteiger partial charge in [0.05, 0.1) is 5.56 Å². The van der Waals surface area contributed by atoms with E-state index in [0.29, 0.717) is 11.5 Å².